The van der Waals surface area contributed by atoms with Crippen LogP contribution in [-0.2, 0) is 26.7 Å². The zero-order valence-electron chi connectivity index (χ0n) is 25.2. The van der Waals surface area contributed by atoms with E-state index in [1.165, 1.54) is 43.4 Å². The van der Waals surface area contributed by atoms with Crippen molar-refractivity contribution in [2.24, 2.45) is 18.9 Å². The Kier molecular flexibility index (Phi) is 8.71. The number of imidazole rings is 1. The average Bonchev–Trinajstić information content (AvgIpc) is 3.28. The lowest BCUT2D eigenvalue weighted by Crippen LogP contribution is -2.48. The number of nitrogens with zero attached hydrogens (tertiary/aromatic N) is 3. The van der Waals surface area contributed by atoms with Gasteiger partial charge in [0, 0.05) is 44.8 Å². The molecule has 4 atom stereocenters. The molecule has 2 aromatic carbocycles. The Morgan fingerprint density at radius 3 is 2.34 bits per heavy atom. The molecule has 0 spiro atoms. The van der Waals surface area contributed by atoms with E-state index in [1.807, 2.05) is 5.32 Å². The van der Waals surface area contributed by atoms with Gasteiger partial charge in [-0.15, -0.1) is 0 Å². The van der Waals surface area contributed by atoms with Crippen molar-refractivity contribution in [2.75, 3.05) is 11.4 Å². The number of halogens is 6. The lowest BCUT2D eigenvalue weighted by atomic mass is 9.67. The number of carboxylic acids is 1. The Balaban J connectivity index is 1.40. The summed E-state index contributed by atoms with van der Waals surface area (Å²) >= 11 is 0. The second-order valence-corrected chi connectivity index (χ2v) is 13.7. The van der Waals surface area contributed by atoms with E-state index < -0.39 is 88.5 Å². The molecule has 5 rings (SSSR count). The van der Waals surface area contributed by atoms with E-state index in [9.17, 15) is 40.7 Å². The number of aromatic nitrogens is 2. The minimum absolute atomic E-state index is 0.0462. The standard InChI is InChI=1S/C31H30F6N4O5S/c1-16-38-25-13-20(9-11-26(25)40(16)2)47(45,46)41(3)19-7-4-17(5-8-19)21-14-30(33,34)15-22(27(21)29(43)44)28(42)39-24-10-6-18(12-23(24)32)31(35,36)37/h4-11,13,21-23,27H,12,14-15H2,1-3H3,(H,39,42)(H,43,44)/t21-,22-,23?,27-/m1/s1. The van der Waals surface area contributed by atoms with Gasteiger partial charge in [-0.05, 0) is 48.9 Å². The SMILES string of the molecule is Cc1nc2cc(S(=O)(=O)N(C)c3ccc([C@H]4CC(F)(F)C[C@@H](C(=O)NC5=CC=C(C(F)(F)F)CC5F)[C@@H]4C(=O)O)cc3)ccc2n1C. The van der Waals surface area contributed by atoms with Crippen molar-refractivity contribution in [1.29, 1.82) is 0 Å². The van der Waals surface area contributed by atoms with Crippen LogP contribution in [-0.4, -0.2) is 60.3 Å². The lowest BCUT2D eigenvalue weighted by molar-refractivity contribution is -0.158. The zero-order valence-corrected chi connectivity index (χ0v) is 26.0. The first-order valence-electron chi connectivity index (χ1n) is 14.4. The van der Waals surface area contributed by atoms with Gasteiger partial charge in [-0.1, -0.05) is 18.2 Å². The van der Waals surface area contributed by atoms with Crippen LogP contribution in [0.25, 0.3) is 11.0 Å². The molecule has 1 amide bonds. The zero-order chi connectivity index (χ0) is 34.6. The number of carboxylic acid groups (broad SMARTS) is 1. The number of benzene rings is 2. The van der Waals surface area contributed by atoms with Crippen LogP contribution in [0.4, 0.5) is 32.0 Å². The normalized spacial score (nSPS) is 23.2. The molecule has 0 radical (unpaired) electrons. The molecule has 2 aliphatic rings. The molecule has 1 fully saturated rings. The molecular formula is C31H30F6N4O5S. The summed E-state index contributed by atoms with van der Waals surface area (Å²) in [5.41, 5.74) is -0.349. The number of aryl methyl sites for hydroxylation is 2. The maximum absolute atomic E-state index is 15.0. The van der Waals surface area contributed by atoms with E-state index in [0.29, 0.717) is 23.5 Å². The van der Waals surface area contributed by atoms with Crippen LogP contribution >= 0.6 is 0 Å². The third-order valence-electron chi connectivity index (χ3n) is 8.78. The number of carbonyl (C=O) groups excluding carboxylic acids is 1. The van der Waals surface area contributed by atoms with Crippen LogP contribution in [0.5, 0.6) is 0 Å². The molecular weight excluding hydrogens is 654 g/mol. The van der Waals surface area contributed by atoms with Crippen molar-refractivity contribution < 1.29 is 49.5 Å². The van der Waals surface area contributed by atoms with E-state index in [4.69, 9.17) is 0 Å². The number of anilines is 1. The summed E-state index contributed by atoms with van der Waals surface area (Å²) in [5.74, 6) is -10.7. The maximum atomic E-state index is 15.0. The highest BCUT2D eigenvalue weighted by Gasteiger charge is 2.53. The number of hydrogen-bond acceptors (Lipinski definition) is 5. The Bertz CT molecular complexity index is 1900. The summed E-state index contributed by atoms with van der Waals surface area (Å²) in [7, 11) is -1.02. The number of aliphatic carboxylic acids is 1. The number of carbonyl (C=O) groups is 2. The van der Waals surface area contributed by atoms with Crippen molar-refractivity contribution in [3.8, 4) is 0 Å². The van der Waals surface area contributed by atoms with Gasteiger partial charge in [-0.25, -0.2) is 26.6 Å². The summed E-state index contributed by atoms with van der Waals surface area (Å²) in [6.45, 7) is 1.77. The van der Waals surface area contributed by atoms with Crippen LogP contribution in [0.3, 0.4) is 0 Å². The fourth-order valence-corrected chi connectivity index (χ4v) is 7.32. The molecule has 0 saturated heterocycles. The number of sulfonamides is 1. The molecule has 1 unspecified atom stereocenters. The number of alkyl halides is 6. The van der Waals surface area contributed by atoms with Crippen LogP contribution in [0, 0.1) is 18.8 Å². The number of rotatable bonds is 7. The molecule has 16 heteroatoms. The van der Waals surface area contributed by atoms with Gasteiger partial charge in [-0.3, -0.25) is 13.9 Å². The van der Waals surface area contributed by atoms with E-state index in [0.717, 1.165) is 9.82 Å². The lowest BCUT2D eigenvalue weighted by Gasteiger charge is -2.39. The molecule has 1 heterocycles. The Morgan fingerprint density at radius 1 is 1.09 bits per heavy atom. The van der Waals surface area contributed by atoms with Gasteiger partial charge < -0.3 is 15.0 Å². The number of amides is 1. The molecule has 252 valence electrons. The first-order valence-corrected chi connectivity index (χ1v) is 15.8. The van der Waals surface area contributed by atoms with Crippen molar-refractivity contribution in [2.45, 2.75) is 55.3 Å². The average molecular weight is 685 g/mol. The van der Waals surface area contributed by atoms with E-state index >= 15 is 8.78 Å². The minimum atomic E-state index is -4.80. The number of nitrogens with one attached hydrogen (secondary N) is 1. The van der Waals surface area contributed by atoms with Crippen molar-refractivity contribution in [1.82, 2.24) is 14.9 Å². The second kappa shape index (κ2) is 12.0. The topological polar surface area (TPSA) is 122 Å². The fraction of sp³-hybridized carbons (Fsp3) is 0.387. The molecule has 9 nitrogen and oxygen atoms in total. The van der Waals surface area contributed by atoms with Gasteiger partial charge in [0.15, 0.2) is 0 Å². The predicted molar refractivity (Wildman–Crippen MR) is 159 cm³/mol. The summed E-state index contributed by atoms with van der Waals surface area (Å²) in [6, 6.07) is 9.72. The van der Waals surface area contributed by atoms with Crippen LogP contribution in [0.2, 0.25) is 0 Å². The van der Waals surface area contributed by atoms with Gasteiger partial charge in [0.05, 0.1) is 39.1 Å². The van der Waals surface area contributed by atoms with Gasteiger partial charge >= 0.3 is 12.1 Å². The molecule has 1 aromatic heterocycles. The largest absolute Gasteiger partial charge is 0.481 e. The molecule has 47 heavy (non-hydrogen) atoms. The summed E-state index contributed by atoms with van der Waals surface area (Å²) in [5, 5.41) is 12.1. The number of allylic oxidation sites excluding steroid dienone is 4. The van der Waals surface area contributed by atoms with Gasteiger partial charge in [0.2, 0.25) is 11.8 Å². The number of fused-ring (bicyclic) bond motifs is 1. The Labute approximate surface area is 265 Å². The molecule has 1 saturated carbocycles. The first kappa shape index (κ1) is 34.0. The molecule has 3 aromatic rings. The maximum Gasteiger partial charge on any atom is 0.412 e. The van der Waals surface area contributed by atoms with E-state index in [2.05, 4.69) is 4.98 Å². The van der Waals surface area contributed by atoms with Crippen molar-refractivity contribution >= 4 is 38.6 Å². The van der Waals surface area contributed by atoms with E-state index in [-0.39, 0.29) is 16.1 Å². The fourth-order valence-electron chi connectivity index (χ4n) is 6.11. The minimum Gasteiger partial charge on any atom is -0.481 e. The van der Waals surface area contributed by atoms with Gasteiger partial charge in [0.25, 0.3) is 10.0 Å². The molecule has 2 N–H and O–H groups in total. The molecule has 0 bridgehead atoms. The summed E-state index contributed by atoms with van der Waals surface area (Å²) in [6.07, 6.45) is -9.08. The second-order valence-electron chi connectivity index (χ2n) is 11.7. The third-order valence-corrected chi connectivity index (χ3v) is 10.6. The van der Waals surface area contributed by atoms with Gasteiger partial charge in [-0.2, -0.15) is 13.2 Å². The highest BCUT2D eigenvalue weighted by Crippen LogP contribution is 2.49. The summed E-state index contributed by atoms with van der Waals surface area (Å²) in [4.78, 5) is 29.8. The predicted octanol–water partition coefficient (Wildman–Crippen LogP) is 5.77. The van der Waals surface area contributed by atoms with Gasteiger partial charge in [0.1, 0.15) is 12.0 Å². The smallest absolute Gasteiger partial charge is 0.412 e. The molecule has 2 aliphatic carbocycles. The van der Waals surface area contributed by atoms with Crippen molar-refractivity contribution in [3.63, 3.8) is 0 Å². The third kappa shape index (κ3) is 6.60. The Hall–Kier alpha value is -4.34. The Morgan fingerprint density at radius 2 is 1.74 bits per heavy atom. The monoisotopic (exact) mass is 684 g/mol. The highest BCUT2D eigenvalue weighted by molar-refractivity contribution is 7.92. The first-order chi connectivity index (χ1) is 21.8. The van der Waals surface area contributed by atoms with Crippen LogP contribution in [0.15, 0.2) is 70.8 Å². The summed E-state index contributed by atoms with van der Waals surface area (Å²) < 4.78 is 113. The quantitative estimate of drug-likeness (QED) is 0.305. The highest BCUT2D eigenvalue weighted by atomic mass is 32.2. The molecule has 0 aliphatic heterocycles. The number of hydrogen-bond donors (Lipinski definition) is 2. The van der Waals surface area contributed by atoms with Crippen LogP contribution < -0.4 is 9.62 Å². The van der Waals surface area contributed by atoms with Crippen molar-refractivity contribution in [3.05, 3.63) is 77.3 Å². The van der Waals surface area contributed by atoms with Crippen LogP contribution in [0.1, 0.15) is 36.6 Å². The van der Waals surface area contributed by atoms with E-state index in [1.54, 1.807) is 24.6 Å².